The normalized spacial score (nSPS) is 20.7. The number of Topliss-reactive ketones (excluding diaryl/α,β-unsaturated/α-hetero) is 1. The summed E-state index contributed by atoms with van der Waals surface area (Å²) in [4.78, 5) is 16.0. The largest absolute Gasteiger partial charge is 0.871 e. The van der Waals surface area contributed by atoms with Gasteiger partial charge >= 0.3 is 0 Å². The number of rotatable bonds is 4. The number of benzene rings is 4. The summed E-state index contributed by atoms with van der Waals surface area (Å²) in [5, 5.41) is 18.5. The second-order valence-electron chi connectivity index (χ2n) is 12.6. The monoisotopic (exact) mass is 552 g/mol. The van der Waals surface area contributed by atoms with E-state index < -0.39 is 0 Å². The molecular formula is C38H36N2O2. The number of likely N-dealkylation sites (N-methyl/N-ethyl adjacent to an activating group) is 1. The van der Waals surface area contributed by atoms with Gasteiger partial charge in [-0.15, -0.1) is 0 Å². The lowest BCUT2D eigenvalue weighted by atomic mass is 9.76. The Kier molecular flexibility index (Phi) is 5.69. The minimum atomic E-state index is -0.358. The first-order chi connectivity index (χ1) is 20.1. The van der Waals surface area contributed by atoms with Gasteiger partial charge in [0, 0.05) is 52.2 Å². The summed E-state index contributed by atoms with van der Waals surface area (Å²) in [5.74, 6) is -0.333. The molecule has 4 heteroatoms. The maximum atomic E-state index is 13.7. The van der Waals surface area contributed by atoms with Crippen LogP contribution in [0.1, 0.15) is 52.7 Å². The number of hydrogen-bond acceptors (Lipinski definition) is 3. The van der Waals surface area contributed by atoms with Gasteiger partial charge in [-0.3, -0.25) is 4.79 Å². The highest BCUT2D eigenvalue weighted by Gasteiger charge is 2.47. The summed E-state index contributed by atoms with van der Waals surface area (Å²) in [6.45, 7) is 14.5. The minimum absolute atomic E-state index is 0.166. The summed E-state index contributed by atoms with van der Waals surface area (Å²) in [6.07, 6.45) is 3.73. The first kappa shape index (κ1) is 26.5. The minimum Gasteiger partial charge on any atom is -0.871 e. The first-order valence-electron chi connectivity index (χ1n) is 15.0. The van der Waals surface area contributed by atoms with E-state index in [1.54, 1.807) is 0 Å². The average Bonchev–Trinajstić information content (AvgIpc) is 3.36. The Balaban J connectivity index is 1.33. The molecule has 0 amide bonds. The average molecular weight is 553 g/mol. The highest BCUT2D eigenvalue weighted by atomic mass is 16.3. The third-order valence-corrected chi connectivity index (χ3v) is 9.68. The van der Waals surface area contributed by atoms with Crippen LogP contribution in [0, 0.1) is 0 Å². The van der Waals surface area contributed by atoms with Crippen molar-refractivity contribution >= 4 is 44.4 Å². The molecule has 2 heterocycles. The molecule has 2 aliphatic heterocycles. The van der Waals surface area contributed by atoms with E-state index in [1.165, 1.54) is 32.7 Å². The summed E-state index contributed by atoms with van der Waals surface area (Å²) in [7, 11) is 0. The van der Waals surface area contributed by atoms with Gasteiger partial charge in [0.25, 0.3) is 0 Å². The Hall–Kier alpha value is -4.44. The predicted octanol–water partition coefficient (Wildman–Crippen LogP) is 7.21. The molecule has 4 aromatic carbocycles. The van der Waals surface area contributed by atoms with Crippen molar-refractivity contribution in [3.63, 3.8) is 0 Å². The summed E-state index contributed by atoms with van der Waals surface area (Å²) < 4.78 is 2.26. The van der Waals surface area contributed by atoms with Crippen LogP contribution >= 0.6 is 0 Å². The number of fused-ring (bicyclic) bond motifs is 6. The van der Waals surface area contributed by atoms with Gasteiger partial charge in [-0.25, -0.2) is 0 Å². The van der Waals surface area contributed by atoms with Gasteiger partial charge in [0.2, 0.25) is 5.69 Å². The molecule has 0 unspecified atom stereocenters. The third-order valence-electron chi connectivity index (χ3n) is 9.68. The molecule has 0 N–H and O–H groups in total. The molecule has 0 spiro atoms. The SMILES string of the molecule is CCN1C(=CC2=C([O-])C(=CC3=[N+](CC)c4ccc5ccccc5c4C3(C)C)C2=O)C(C)(C)c2c1ccc1ccccc21. The lowest BCUT2D eigenvalue weighted by molar-refractivity contribution is -0.433. The molecular weight excluding hydrogens is 516 g/mol. The lowest BCUT2D eigenvalue weighted by Gasteiger charge is -2.32. The molecule has 0 radical (unpaired) electrons. The van der Waals surface area contributed by atoms with Crippen LogP contribution in [0.4, 0.5) is 11.4 Å². The molecule has 3 aliphatic rings. The molecule has 0 fully saturated rings. The standard InChI is InChI=1S/C38H36N2O2/c1-7-39-29-19-17-23-13-9-11-15-25(23)33(29)37(3,4)31(39)21-27-35(41)28(36(27)42)22-32-38(5,6)34-26-16-12-10-14-24(26)18-20-30(34)40(32)8-2/h9-22H,7-8H2,1-6H3. The molecule has 4 nitrogen and oxygen atoms in total. The number of anilines is 1. The Morgan fingerprint density at radius 2 is 1.40 bits per heavy atom. The zero-order valence-electron chi connectivity index (χ0n) is 25.2. The van der Waals surface area contributed by atoms with Gasteiger partial charge in [-0.2, -0.15) is 4.58 Å². The summed E-state index contributed by atoms with van der Waals surface area (Å²) in [6, 6.07) is 25.5. The van der Waals surface area contributed by atoms with Crippen LogP contribution in [0.2, 0.25) is 0 Å². The summed E-state index contributed by atoms with van der Waals surface area (Å²) in [5.41, 5.74) is 6.62. The fourth-order valence-electron chi connectivity index (χ4n) is 7.64. The van der Waals surface area contributed by atoms with Crippen molar-refractivity contribution in [2.24, 2.45) is 0 Å². The van der Waals surface area contributed by atoms with Crippen LogP contribution in [0.15, 0.2) is 108 Å². The van der Waals surface area contributed by atoms with Gasteiger partial charge in [-0.05, 0) is 73.0 Å². The fraction of sp³-hybridized carbons (Fsp3) is 0.263. The van der Waals surface area contributed by atoms with E-state index >= 15 is 0 Å². The van der Waals surface area contributed by atoms with Gasteiger partial charge in [-0.1, -0.05) is 74.2 Å². The lowest BCUT2D eigenvalue weighted by Crippen LogP contribution is -2.35. The highest BCUT2D eigenvalue weighted by molar-refractivity contribution is 6.24. The second-order valence-corrected chi connectivity index (χ2v) is 12.6. The van der Waals surface area contributed by atoms with Gasteiger partial charge in [0.1, 0.15) is 6.54 Å². The van der Waals surface area contributed by atoms with Gasteiger partial charge < -0.3 is 10.0 Å². The Morgan fingerprint density at radius 1 is 0.786 bits per heavy atom. The van der Waals surface area contributed by atoms with E-state index in [9.17, 15) is 9.90 Å². The van der Waals surface area contributed by atoms with Crippen LogP contribution in [0.3, 0.4) is 0 Å². The Morgan fingerprint density at radius 3 is 2.02 bits per heavy atom. The number of carbonyl (C=O) groups excluding carboxylic acids is 1. The van der Waals surface area contributed by atoms with Gasteiger partial charge in [0.15, 0.2) is 11.5 Å². The van der Waals surface area contributed by atoms with Crippen molar-refractivity contribution in [3.05, 3.63) is 119 Å². The molecule has 0 saturated carbocycles. The van der Waals surface area contributed by atoms with Crippen molar-refractivity contribution in [2.45, 2.75) is 52.4 Å². The maximum Gasteiger partial charge on any atom is 0.210 e. The number of allylic oxidation sites excluding steroid dienone is 5. The zero-order valence-corrected chi connectivity index (χ0v) is 25.2. The number of nitrogens with zero attached hydrogens (tertiary/aromatic N) is 2. The predicted molar refractivity (Wildman–Crippen MR) is 171 cm³/mol. The van der Waals surface area contributed by atoms with Crippen LogP contribution in [-0.2, 0) is 15.6 Å². The number of ketones is 1. The van der Waals surface area contributed by atoms with Crippen molar-refractivity contribution in [3.8, 4) is 0 Å². The molecule has 0 atom stereocenters. The van der Waals surface area contributed by atoms with Crippen LogP contribution in [0.25, 0.3) is 21.5 Å². The highest BCUT2D eigenvalue weighted by Crippen LogP contribution is 2.51. The third kappa shape index (κ3) is 3.41. The zero-order chi connectivity index (χ0) is 29.6. The van der Waals surface area contributed by atoms with E-state index in [1.807, 2.05) is 12.2 Å². The van der Waals surface area contributed by atoms with E-state index in [0.717, 1.165) is 35.9 Å². The molecule has 42 heavy (non-hydrogen) atoms. The Labute approximate surface area is 247 Å². The van der Waals surface area contributed by atoms with Gasteiger partial charge in [0.05, 0.1) is 5.41 Å². The molecule has 0 aromatic heterocycles. The molecule has 210 valence electrons. The molecule has 4 aromatic rings. The van der Waals surface area contributed by atoms with E-state index in [-0.39, 0.29) is 33.5 Å². The smallest absolute Gasteiger partial charge is 0.210 e. The summed E-state index contributed by atoms with van der Waals surface area (Å²) >= 11 is 0. The second kappa shape index (κ2) is 9.03. The first-order valence-corrected chi connectivity index (χ1v) is 15.0. The fourth-order valence-corrected chi connectivity index (χ4v) is 7.64. The Bertz CT molecular complexity index is 1980. The van der Waals surface area contributed by atoms with E-state index in [4.69, 9.17) is 0 Å². The molecule has 0 saturated heterocycles. The number of hydrogen-bond donors (Lipinski definition) is 0. The van der Waals surface area contributed by atoms with E-state index in [2.05, 4.69) is 124 Å². The molecule has 1 aliphatic carbocycles. The quantitative estimate of drug-likeness (QED) is 0.198. The van der Waals surface area contributed by atoms with E-state index in [0.29, 0.717) is 0 Å². The van der Waals surface area contributed by atoms with Crippen molar-refractivity contribution in [1.29, 1.82) is 0 Å². The van der Waals surface area contributed by atoms with Crippen LogP contribution < -0.4 is 10.0 Å². The molecule has 0 bridgehead atoms. The van der Waals surface area contributed by atoms with Crippen LogP contribution in [0.5, 0.6) is 0 Å². The topological polar surface area (TPSA) is 46.4 Å². The van der Waals surface area contributed by atoms with Crippen molar-refractivity contribution in [1.82, 2.24) is 0 Å². The van der Waals surface area contributed by atoms with Crippen LogP contribution in [-0.4, -0.2) is 29.2 Å². The van der Waals surface area contributed by atoms with Crippen molar-refractivity contribution in [2.75, 3.05) is 18.0 Å². The van der Waals surface area contributed by atoms with Crippen molar-refractivity contribution < 1.29 is 14.5 Å². The maximum absolute atomic E-state index is 13.7. The molecule has 7 rings (SSSR count). The number of carbonyl (C=O) groups is 1.